The van der Waals surface area contributed by atoms with E-state index >= 15 is 0 Å². The van der Waals surface area contributed by atoms with E-state index in [0.29, 0.717) is 23.0 Å². The maximum absolute atomic E-state index is 13.4. The third-order valence-corrected chi connectivity index (χ3v) is 5.62. The molecule has 0 saturated heterocycles. The Morgan fingerprint density at radius 3 is 2.39 bits per heavy atom. The summed E-state index contributed by atoms with van der Waals surface area (Å²) in [6, 6.07) is 12.1. The van der Waals surface area contributed by atoms with Gasteiger partial charge in [0.25, 0.3) is 5.91 Å². The molecule has 0 radical (unpaired) electrons. The van der Waals surface area contributed by atoms with Gasteiger partial charge in [-0.3, -0.25) is 4.79 Å². The lowest BCUT2D eigenvalue weighted by molar-refractivity contribution is -0.137. The third kappa shape index (κ3) is 6.19. The van der Waals surface area contributed by atoms with E-state index in [9.17, 15) is 26.4 Å². The number of nitrogens with one attached hydrogen (secondary N) is 3. The second kappa shape index (κ2) is 9.45. The van der Waals surface area contributed by atoms with Gasteiger partial charge in [0.05, 0.1) is 4.90 Å². The Balaban J connectivity index is 1.84. The predicted molar refractivity (Wildman–Crippen MR) is 117 cm³/mol. The Morgan fingerprint density at radius 1 is 1.09 bits per heavy atom. The molecule has 0 spiro atoms. The minimum atomic E-state index is -4.70. The molecular formula is C21H20F3N5O3S. The molecular weight excluding hydrogens is 459 g/mol. The van der Waals surface area contributed by atoms with E-state index in [-0.39, 0.29) is 23.3 Å². The van der Waals surface area contributed by atoms with Gasteiger partial charge >= 0.3 is 6.18 Å². The lowest BCUT2D eigenvalue weighted by Gasteiger charge is -2.15. The number of sulfone groups is 1. The van der Waals surface area contributed by atoms with Crippen LogP contribution in [0.5, 0.6) is 0 Å². The van der Waals surface area contributed by atoms with Crippen LogP contribution in [0.2, 0.25) is 0 Å². The highest BCUT2D eigenvalue weighted by atomic mass is 32.2. The zero-order valence-corrected chi connectivity index (χ0v) is 18.4. The van der Waals surface area contributed by atoms with Gasteiger partial charge in [0.15, 0.2) is 9.84 Å². The molecule has 8 nitrogen and oxygen atoms in total. The topological polar surface area (TPSA) is 113 Å². The first-order valence-corrected chi connectivity index (χ1v) is 11.4. The molecule has 0 saturated carbocycles. The summed E-state index contributed by atoms with van der Waals surface area (Å²) in [4.78, 5) is 19.4. The molecule has 0 fully saturated rings. The van der Waals surface area contributed by atoms with Gasteiger partial charge in [0.2, 0.25) is 5.95 Å². The quantitative estimate of drug-likeness (QED) is 0.474. The molecule has 3 N–H and O–H groups in total. The molecule has 0 aliphatic rings. The average molecular weight is 479 g/mol. The van der Waals surface area contributed by atoms with E-state index in [4.69, 9.17) is 0 Å². The number of nitrogens with zero attached hydrogens (tertiary/aromatic N) is 2. The number of hydrogen-bond donors (Lipinski definition) is 3. The van der Waals surface area contributed by atoms with Crippen LogP contribution in [-0.4, -0.2) is 37.6 Å². The number of hydrogen-bond acceptors (Lipinski definition) is 7. The highest BCUT2D eigenvalue weighted by molar-refractivity contribution is 7.90. The van der Waals surface area contributed by atoms with Crippen LogP contribution in [0.25, 0.3) is 0 Å². The molecule has 1 heterocycles. The number of benzene rings is 2. The second-order valence-electron chi connectivity index (χ2n) is 7.01. The van der Waals surface area contributed by atoms with Crippen LogP contribution < -0.4 is 16.0 Å². The van der Waals surface area contributed by atoms with Gasteiger partial charge in [0.1, 0.15) is 11.4 Å². The smallest absolute Gasteiger partial charge is 0.365 e. The summed E-state index contributed by atoms with van der Waals surface area (Å²) in [5.74, 6) is -0.839. The third-order valence-electron chi connectivity index (χ3n) is 4.51. The maximum atomic E-state index is 13.4. The summed E-state index contributed by atoms with van der Waals surface area (Å²) in [5, 5.41) is 7.89. The number of carbonyl (C=O) groups excluding carboxylic acids is 1. The van der Waals surface area contributed by atoms with Crippen molar-refractivity contribution in [2.24, 2.45) is 0 Å². The number of rotatable bonds is 7. The van der Waals surface area contributed by atoms with Crippen LogP contribution in [0.1, 0.15) is 21.5 Å². The Labute approximate surface area is 188 Å². The molecule has 1 aromatic heterocycles. The number of carbonyl (C=O) groups is 1. The van der Waals surface area contributed by atoms with Gasteiger partial charge in [-0.25, -0.2) is 13.4 Å². The van der Waals surface area contributed by atoms with Gasteiger partial charge in [-0.1, -0.05) is 12.1 Å². The SMILES string of the molecule is CNC(=O)c1ccc(Nc2ncc(C(F)(F)F)c(NCc3cccc(S(C)(=O)=O)c3)n2)cc1. The minimum Gasteiger partial charge on any atom is -0.365 e. The van der Waals surface area contributed by atoms with Crippen molar-refractivity contribution < 1.29 is 26.4 Å². The van der Waals surface area contributed by atoms with Crippen molar-refractivity contribution >= 4 is 33.2 Å². The second-order valence-corrected chi connectivity index (χ2v) is 9.02. The van der Waals surface area contributed by atoms with Crippen LogP contribution in [-0.2, 0) is 22.6 Å². The standard InChI is InChI=1S/C21H20F3N5O3S/c1-25-19(30)14-6-8-15(9-7-14)28-20-27-12-17(21(22,23)24)18(29-20)26-11-13-4-3-5-16(10-13)33(2,31)32/h3-10,12H,11H2,1-2H3,(H,25,30)(H2,26,27,28,29). The first-order chi connectivity index (χ1) is 15.5. The Hall–Kier alpha value is -3.67. The molecule has 12 heteroatoms. The van der Waals surface area contributed by atoms with E-state index in [1.54, 1.807) is 30.3 Å². The number of alkyl halides is 3. The van der Waals surface area contributed by atoms with E-state index in [1.807, 2.05) is 0 Å². The Morgan fingerprint density at radius 2 is 1.79 bits per heavy atom. The van der Waals surface area contributed by atoms with Crippen molar-refractivity contribution in [3.05, 3.63) is 71.4 Å². The number of amides is 1. The van der Waals surface area contributed by atoms with Gasteiger partial charge in [0, 0.05) is 37.3 Å². The molecule has 0 atom stereocenters. The monoisotopic (exact) mass is 479 g/mol. The normalized spacial score (nSPS) is 11.7. The van der Waals surface area contributed by atoms with Crippen LogP contribution in [0.15, 0.2) is 59.6 Å². The molecule has 0 aliphatic carbocycles. The molecule has 3 rings (SSSR count). The lowest BCUT2D eigenvalue weighted by atomic mass is 10.2. The van der Waals surface area contributed by atoms with Crippen molar-refractivity contribution in [2.75, 3.05) is 23.9 Å². The van der Waals surface area contributed by atoms with Crippen LogP contribution >= 0.6 is 0 Å². The summed E-state index contributed by atoms with van der Waals surface area (Å²) in [6.45, 7) is -0.0935. The van der Waals surface area contributed by atoms with Crippen LogP contribution in [0.4, 0.5) is 30.6 Å². The largest absolute Gasteiger partial charge is 0.421 e. The van der Waals surface area contributed by atoms with Gasteiger partial charge in [-0.05, 0) is 42.0 Å². The molecule has 2 aromatic carbocycles. The highest BCUT2D eigenvalue weighted by Gasteiger charge is 2.35. The van der Waals surface area contributed by atoms with Crippen LogP contribution in [0.3, 0.4) is 0 Å². The van der Waals surface area contributed by atoms with Gasteiger partial charge in [-0.15, -0.1) is 0 Å². The molecule has 33 heavy (non-hydrogen) atoms. The summed E-state index contributed by atoms with van der Waals surface area (Å²) in [7, 11) is -1.96. The van der Waals surface area contributed by atoms with Crippen molar-refractivity contribution in [1.29, 1.82) is 0 Å². The minimum absolute atomic E-state index is 0.0584. The van der Waals surface area contributed by atoms with Gasteiger partial charge in [-0.2, -0.15) is 18.2 Å². The van der Waals surface area contributed by atoms with Gasteiger partial charge < -0.3 is 16.0 Å². The zero-order chi connectivity index (χ0) is 24.2. The molecule has 3 aromatic rings. The molecule has 174 valence electrons. The predicted octanol–water partition coefficient (Wildman–Crippen LogP) is 3.61. The number of anilines is 3. The van der Waals surface area contributed by atoms with Crippen molar-refractivity contribution in [3.63, 3.8) is 0 Å². The van der Waals surface area contributed by atoms with Crippen molar-refractivity contribution in [3.8, 4) is 0 Å². The van der Waals surface area contributed by atoms with Crippen LogP contribution in [0, 0.1) is 0 Å². The first kappa shape index (κ1) is 24.0. The molecule has 0 bridgehead atoms. The summed E-state index contributed by atoms with van der Waals surface area (Å²) >= 11 is 0. The fourth-order valence-electron chi connectivity index (χ4n) is 2.83. The van der Waals surface area contributed by atoms with Crippen molar-refractivity contribution in [2.45, 2.75) is 17.6 Å². The molecule has 0 unspecified atom stereocenters. The summed E-state index contributed by atoms with van der Waals surface area (Å²) in [5.41, 5.74) is 0.274. The molecule has 0 aliphatic heterocycles. The maximum Gasteiger partial charge on any atom is 0.421 e. The van der Waals surface area contributed by atoms with Crippen molar-refractivity contribution in [1.82, 2.24) is 15.3 Å². The van der Waals surface area contributed by atoms with E-state index < -0.39 is 27.4 Å². The first-order valence-electron chi connectivity index (χ1n) is 9.53. The molecule has 1 amide bonds. The van der Waals surface area contributed by atoms with E-state index in [2.05, 4.69) is 25.9 Å². The van der Waals surface area contributed by atoms with E-state index in [0.717, 1.165) is 6.26 Å². The Bertz CT molecular complexity index is 1260. The fraction of sp³-hybridized carbons (Fsp3) is 0.190. The Kier molecular flexibility index (Phi) is 6.86. The lowest BCUT2D eigenvalue weighted by Crippen LogP contribution is -2.17. The van der Waals surface area contributed by atoms with E-state index in [1.165, 1.54) is 25.2 Å². The highest BCUT2D eigenvalue weighted by Crippen LogP contribution is 2.34. The fourth-order valence-corrected chi connectivity index (χ4v) is 3.53. The summed E-state index contributed by atoms with van der Waals surface area (Å²) < 4.78 is 63.8. The summed E-state index contributed by atoms with van der Waals surface area (Å²) in [6.07, 6.45) is -3.00. The number of halogens is 3. The zero-order valence-electron chi connectivity index (χ0n) is 17.6. The number of aromatic nitrogens is 2. The average Bonchev–Trinajstić information content (AvgIpc) is 2.76.